The third-order valence-electron chi connectivity index (χ3n) is 5.21. The molecule has 0 unspecified atom stereocenters. The van der Waals surface area contributed by atoms with Crippen molar-refractivity contribution in [2.24, 2.45) is 5.73 Å². The molecule has 5 rings (SSSR count). The molecule has 0 saturated carbocycles. The van der Waals surface area contributed by atoms with Crippen LogP contribution in [0.3, 0.4) is 0 Å². The smallest absolute Gasteiger partial charge is 0.136 e. The van der Waals surface area contributed by atoms with Gasteiger partial charge in [0.1, 0.15) is 17.4 Å². The van der Waals surface area contributed by atoms with Crippen molar-refractivity contribution < 1.29 is 9.50 Å². The maximum absolute atomic E-state index is 14.3. The molecule has 152 valence electrons. The van der Waals surface area contributed by atoms with Crippen LogP contribution in [0.2, 0.25) is 0 Å². The molecule has 0 spiro atoms. The van der Waals surface area contributed by atoms with Gasteiger partial charge >= 0.3 is 0 Å². The van der Waals surface area contributed by atoms with E-state index in [0.29, 0.717) is 33.4 Å². The van der Waals surface area contributed by atoms with Gasteiger partial charge in [0.05, 0.1) is 23.1 Å². The number of benzene rings is 3. The van der Waals surface area contributed by atoms with Crippen LogP contribution in [0.25, 0.3) is 44.5 Å². The predicted octanol–water partition coefficient (Wildman–Crippen LogP) is 4.42. The van der Waals surface area contributed by atoms with Crippen molar-refractivity contribution in [3.8, 4) is 39.4 Å². The highest BCUT2D eigenvalue weighted by atomic mass is 19.1. The first-order chi connectivity index (χ1) is 15.0. The summed E-state index contributed by atoms with van der Waals surface area (Å²) in [5.41, 5.74) is 10.1. The fourth-order valence-corrected chi connectivity index (χ4v) is 3.68. The molecule has 3 aromatic carbocycles. The molecule has 7 nitrogen and oxygen atoms in total. The number of nitrogens with one attached hydrogen (secondary N) is 3. The summed E-state index contributed by atoms with van der Waals surface area (Å²) in [6, 6.07) is 17.8. The van der Waals surface area contributed by atoms with Crippen LogP contribution in [-0.2, 0) is 0 Å². The van der Waals surface area contributed by atoms with Gasteiger partial charge in [0.25, 0.3) is 0 Å². The molecule has 0 radical (unpaired) electrons. The van der Waals surface area contributed by atoms with E-state index >= 15 is 0 Å². The van der Waals surface area contributed by atoms with Crippen LogP contribution in [0, 0.1) is 11.2 Å². The molecule has 31 heavy (non-hydrogen) atoms. The van der Waals surface area contributed by atoms with E-state index in [1.54, 1.807) is 12.3 Å². The Labute approximate surface area is 175 Å². The maximum atomic E-state index is 14.3. The van der Waals surface area contributed by atoms with E-state index in [1.807, 2.05) is 42.5 Å². The number of H-pyrrole nitrogens is 2. The van der Waals surface area contributed by atoms with Gasteiger partial charge in [-0.25, -0.2) is 4.39 Å². The van der Waals surface area contributed by atoms with Gasteiger partial charge in [0, 0.05) is 27.6 Å². The van der Waals surface area contributed by atoms with E-state index in [0.717, 1.165) is 11.1 Å². The molecule has 0 saturated heterocycles. The standard InChI is InChI=1S/C23H17FN6O/c24-18-10-19-14(7-16(18)23(25)26)9-20(28-19)17-8-13(21-11-27-30-29-21)6-15(22(17)31)12-4-2-1-3-5-12/h1-11,28,31H,(H3,25,26)(H,27,29,30). The number of rotatable bonds is 4. The zero-order chi connectivity index (χ0) is 21.5. The number of nitrogen functional groups attached to an aromatic ring is 1. The third-order valence-corrected chi connectivity index (χ3v) is 5.21. The van der Waals surface area contributed by atoms with E-state index < -0.39 is 5.82 Å². The molecule has 8 heteroatoms. The number of nitrogens with two attached hydrogens (primary N) is 1. The van der Waals surface area contributed by atoms with Crippen molar-refractivity contribution in [2.75, 3.05) is 0 Å². The Hall–Kier alpha value is -4.46. The number of aromatic nitrogens is 4. The molecule has 0 aliphatic rings. The van der Waals surface area contributed by atoms with Crippen molar-refractivity contribution >= 4 is 16.7 Å². The lowest BCUT2D eigenvalue weighted by Crippen LogP contribution is -2.12. The Morgan fingerprint density at radius 3 is 2.45 bits per heavy atom. The van der Waals surface area contributed by atoms with Crippen molar-refractivity contribution in [3.05, 3.63) is 78.2 Å². The highest BCUT2D eigenvalue weighted by molar-refractivity contribution is 6.00. The second-order valence-electron chi connectivity index (χ2n) is 7.17. The number of hydrogen-bond acceptors (Lipinski definition) is 4. The summed E-state index contributed by atoms with van der Waals surface area (Å²) in [4.78, 5) is 3.16. The lowest BCUT2D eigenvalue weighted by atomic mass is 9.95. The summed E-state index contributed by atoms with van der Waals surface area (Å²) >= 11 is 0. The lowest BCUT2D eigenvalue weighted by molar-refractivity contribution is 0.479. The van der Waals surface area contributed by atoms with E-state index in [-0.39, 0.29) is 17.1 Å². The average molecular weight is 412 g/mol. The van der Waals surface area contributed by atoms with Gasteiger partial charge in [-0.2, -0.15) is 0 Å². The molecule has 0 aliphatic carbocycles. The highest BCUT2D eigenvalue weighted by Crippen LogP contribution is 2.42. The number of amidine groups is 1. The van der Waals surface area contributed by atoms with Gasteiger partial charge in [0.15, 0.2) is 0 Å². The Morgan fingerprint density at radius 1 is 0.968 bits per heavy atom. The van der Waals surface area contributed by atoms with Crippen LogP contribution in [0.15, 0.2) is 66.9 Å². The summed E-state index contributed by atoms with van der Waals surface area (Å²) in [5, 5.41) is 29.9. The molecular weight excluding hydrogens is 395 g/mol. The number of aromatic amines is 2. The number of aromatic hydroxyl groups is 1. The van der Waals surface area contributed by atoms with Crippen molar-refractivity contribution in [1.29, 1.82) is 5.41 Å². The molecule has 5 aromatic rings. The number of phenolic OH excluding ortho intramolecular Hbond substituents is 1. The van der Waals surface area contributed by atoms with Crippen molar-refractivity contribution in [2.45, 2.75) is 0 Å². The van der Waals surface area contributed by atoms with Gasteiger partial charge in [0.2, 0.25) is 0 Å². The van der Waals surface area contributed by atoms with E-state index in [1.165, 1.54) is 12.1 Å². The number of nitrogens with zero attached hydrogens (tertiary/aromatic N) is 2. The summed E-state index contributed by atoms with van der Waals surface area (Å²) < 4.78 is 14.3. The highest BCUT2D eigenvalue weighted by Gasteiger charge is 2.18. The van der Waals surface area contributed by atoms with Crippen LogP contribution in [-0.4, -0.2) is 31.3 Å². The molecule has 6 N–H and O–H groups in total. The molecule has 0 fully saturated rings. The Bertz CT molecular complexity index is 1420. The molecule has 0 aliphatic heterocycles. The normalized spacial score (nSPS) is 11.1. The molecule has 0 atom stereocenters. The van der Waals surface area contributed by atoms with Crippen LogP contribution < -0.4 is 5.73 Å². The topological polar surface area (TPSA) is 127 Å². The fourth-order valence-electron chi connectivity index (χ4n) is 3.68. The van der Waals surface area contributed by atoms with E-state index in [2.05, 4.69) is 20.4 Å². The van der Waals surface area contributed by atoms with Gasteiger partial charge < -0.3 is 15.8 Å². The van der Waals surface area contributed by atoms with Crippen molar-refractivity contribution in [1.82, 2.24) is 20.4 Å². The van der Waals surface area contributed by atoms with Gasteiger partial charge in [-0.3, -0.25) is 10.5 Å². The van der Waals surface area contributed by atoms with E-state index in [4.69, 9.17) is 11.1 Å². The van der Waals surface area contributed by atoms with Crippen molar-refractivity contribution in [3.63, 3.8) is 0 Å². The number of halogens is 1. The SMILES string of the molecule is N=C(N)c1cc2cc(-c3cc(-c4cnn[nH]4)cc(-c4ccccc4)c3O)[nH]c2cc1F. The second kappa shape index (κ2) is 7.10. The second-order valence-corrected chi connectivity index (χ2v) is 7.17. The molecule has 0 amide bonds. The zero-order valence-electron chi connectivity index (χ0n) is 16.1. The van der Waals surface area contributed by atoms with Crippen LogP contribution >= 0.6 is 0 Å². The van der Waals surface area contributed by atoms with Gasteiger partial charge in [-0.15, -0.1) is 5.10 Å². The van der Waals surface area contributed by atoms with Gasteiger partial charge in [-0.05, 0) is 35.9 Å². The molecule has 2 aromatic heterocycles. The first-order valence-corrected chi connectivity index (χ1v) is 9.47. The summed E-state index contributed by atoms with van der Waals surface area (Å²) in [6.45, 7) is 0. The maximum Gasteiger partial charge on any atom is 0.136 e. The summed E-state index contributed by atoms with van der Waals surface area (Å²) in [6.07, 6.45) is 1.60. The summed E-state index contributed by atoms with van der Waals surface area (Å²) in [7, 11) is 0. The monoisotopic (exact) mass is 412 g/mol. The zero-order valence-corrected chi connectivity index (χ0v) is 16.1. The minimum Gasteiger partial charge on any atom is -0.507 e. The first kappa shape index (κ1) is 18.6. The predicted molar refractivity (Wildman–Crippen MR) is 117 cm³/mol. The minimum absolute atomic E-state index is 0.0320. The molecule has 2 heterocycles. The Balaban J connectivity index is 1.75. The molecule has 0 bridgehead atoms. The largest absolute Gasteiger partial charge is 0.507 e. The van der Waals surface area contributed by atoms with Gasteiger partial charge in [-0.1, -0.05) is 35.5 Å². The first-order valence-electron chi connectivity index (χ1n) is 9.47. The van der Waals surface area contributed by atoms with Crippen LogP contribution in [0.5, 0.6) is 5.75 Å². The Morgan fingerprint density at radius 2 is 1.74 bits per heavy atom. The lowest BCUT2D eigenvalue weighted by Gasteiger charge is -2.12. The van der Waals surface area contributed by atoms with Crippen LogP contribution in [0.4, 0.5) is 4.39 Å². The Kier molecular flexibility index (Phi) is 4.25. The van der Waals surface area contributed by atoms with E-state index in [9.17, 15) is 9.50 Å². The quantitative estimate of drug-likeness (QED) is 0.221. The number of fused-ring (bicyclic) bond motifs is 1. The number of hydrogen-bond donors (Lipinski definition) is 5. The third kappa shape index (κ3) is 3.20. The fraction of sp³-hybridized carbons (Fsp3) is 0. The summed E-state index contributed by atoms with van der Waals surface area (Å²) in [5.74, 6) is -0.841. The average Bonchev–Trinajstić information content (AvgIpc) is 3.43. The van der Waals surface area contributed by atoms with Crippen LogP contribution in [0.1, 0.15) is 5.56 Å². The number of phenols is 1. The minimum atomic E-state index is -0.583. The molecular formula is C23H17FN6O.